The molecule has 0 spiro atoms. The predicted molar refractivity (Wildman–Crippen MR) is 129 cm³/mol. The van der Waals surface area contributed by atoms with Gasteiger partial charge < -0.3 is 4.74 Å². The molecule has 7 nitrogen and oxygen atoms in total. The Morgan fingerprint density at radius 3 is 2.49 bits per heavy atom. The normalized spacial score (nSPS) is 14.5. The van der Waals surface area contributed by atoms with Crippen LogP contribution in [0, 0.1) is 0 Å². The van der Waals surface area contributed by atoms with Gasteiger partial charge in [0.1, 0.15) is 5.75 Å². The summed E-state index contributed by atoms with van der Waals surface area (Å²) in [5.41, 5.74) is 2.99. The SMILES string of the molecule is Cn1cc2cc(-c3cc4cn(C5CCCC5)nc4n(-c4ccc(OC(F)F)cc4)c3=O)ccc2n1. The highest BCUT2D eigenvalue weighted by molar-refractivity contribution is 5.87. The first-order valence-corrected chi connectivity index (χ1v) is 11.6. The summed E-state index contributed by atoms with van der Waals surface area (Å²) in [5, 5.41) is 11.0. The van der Waals surface area contributed by atoms with E-state index in [1.165, 1.54) is 12.1 Å². The third-order valence-electron chi connectivity index (χ3n) is 6.63. The van der Waals surface area contributed by atoms with Gasteiger partial charge in [-0.25, -0.2) is 0 Å². The summed E-state index contributed by atoms with van der Waals surface area (Å²) in [6.07, 6.45) is 8.35. The van der Waals surface area contributed by atoms with Gasteiger partial charge in [0.2, 0.25) is 0 Å². The molecule has 3 aromatic heterocycles. The van der Waals surface area contributed by atoms with Gasteiger partial charge in [0.05, 0.1) is 17.2 Å². The maximum absolute atomic E-state index is 13.9. The van der Waals surface area contributed by atoms with Crippen LogP contribution in [0.5, 0.6) is 5.75 Å². The molecule has 6 rings (SSSR count). The summed E-state index contributed by atoms with van der Waals surface area (Å²) in [6, 6.07) is 14.0. The van der Waals surface area contributed by atoms with Crippen molar-refractivity contribution in [3.63, 3.8) is 0 Å². The standard InChI is InChI=1S/C26H23F2N5O2/c1-31-14-17-12-16(6-11-23(17)29-31)22-13-18-15-32(19-4-2-3-5-19)30-24(18)33(25(22)34)20-7-9-21(10-8-20)35-26(27)28/h6-15,19,26H,2-5H2,1H3. The number of pyridine rings is 1. The Hall–Kier alpha value is -4.01. The molecule has 0 bridgehead atoms. The number of aryl methyl sites for hydroxylation is 1. The summed E-state index contributed by atoms with van der Waals surface area (Å²) in [5.74, 6) is 0.0303. The molecule has 2 aromatic carbocycles. The van der Waals surface area contributed by atoms with E-state index in [0.29, 0.717) is 22.9 Å². The van der Waals surface area contributed by atoms with E-state index >= 15 is 0 Å². The highest BCUT2D eigenvalue weighted by atomic mass is 19.3. The minimum absolute atomic E-state index is 0.0303. The molecule has 1 saturated carbocycles. The second kappa shape index (κ2) is 8.33. The van der Waals surface area contributed by atoms with Crippen LogP contribution in [0.25, 0.3) is 38.8 Å². The number of ether oxygens (including phenoxy) is 1. The molecule has 178 valence electrons. The Morgan fingerprint density at radius 1 is 0.971 bits per heavy atom. The van der Waals surface area contributed by atoms with E-state index in [4.69, 9.17) is 5.10 Å². The lowest BCUT2D eigenvalue weighted by molar-refractivity contribution is -0.0498. The Labute approximate surface area is 199 Å². The fraction of sp³-hybridized carbons (Fsp3) is 0.269. The lowest BCUT2D eigenvalue weighted by Crippen LogP contribution is -2.21. The van der Waals surface area contributed by atoms with Crippen molar-refractivity contribution in [2.24, 2.45) is 7.05 Å². The first-order valence-electron chi connectivity index (χ1n) is 11.6. The molecule has 0 N–H and O–H groups in total. The van der Waals surface area contributed by atoms with E-state index < -0.39 is 6.61 Å². The fourth-order valence-electron chi connectivity index (χ4n) is 5.00. The number of nitrogens with zero attached hydrogens (tertiary/aromatic N) is 5. The number of benzene rings is 2. The van der Waals surface area contributed by atoms with E-state index in [9.17, 15) is 13.6 Å². The molecule has 0 amide bonds. The summed E-state index contributed by atoms with van der Waals surface area (Å²) < 4.78 is 35.0. The minimum atomic E-state index is -2.91. The van der Waals surface area contributed by atoms with Crippen molar-refractivity contribution in [2.75, 3.05) is 0 Å². The third-order valence-corrected chi connectivity index (χ3v) is 6.63. The molecule has 3 heterocycles. The zero-order chi connectivity index (χ0) is 24.1. The van der Waals surface area contributed by atoms with Crippen molar-refractivity contribution in [1.82, 2.24) is 24.1 Å². The van der Waals surface area contributed by atoms with Crippen LogP contribution in [0.3, 0.4) is 0 Å². The van der Waals surface area contributed by atoms with Gasteiger partial charge in [-0.15, -0.1) is 0 Å². The average Bonchev–Trinajstić information content (AvgIpc) is 3.57. The van der Waals surface area contributed by atoms with E-state index in [1.54, 1.807) is 21.4 Å². The molecule has 0 saturated heterocycles. The molecule has 1 aliphatic rings. The van der Waals surface area contributed by atoms with Crippen molar-refractivity contribution in [3.05, 3.63) is 71.3 Å². The molecule has 5 aromatic rings. The molecule has 9 heteroatoms. The van der Waals surface area contributed by atoms with Crippen LogP contribution in [-0.4, -0.2) is 30.7 Å². The molecule has 0 radical (unpaired) electrons. The second-order valence-electron chi connectivity index (χ2n) is 8.97. The number of hydrogen-bond acceptors (Lipinski definition) is 4. The van der Waals surface area contributed by atoms with Crippen molar-refractivity contribution >= 4 is 21.9 Å². The van der Waals surface area contributed by atoms with Crippen molar-refractivity contribution < 1.29 is 13.5 Å². The molecule has 1 aliphatic carbocycles. The summed E-state index contributed by atoms with van der Waals surface area (Å²) in [4.78, 5) is 13.9. The maximum atomic E-state index is 13.9. The number of halogens is 2. The van der Waals surface area contributed by atoms with E-state index in [0.717, 1.165) is 47.5 Å². The Kier molecular flexibility index (Phi) is 5.12. The van der Waals surface area contributed by atoms with E-state index in [2.05, 4.69) is 9.84 Å². The number of alkyl halides is 2. The van der Waals surface area contributed by atoms with Gasteiger partial charge in [0, 0.05) is 35.8 Å². The first kappa shape index (κ1) is 21.5. The Balaban J connectivity index is 1.55. The molecular weight excluding hydrogens is 452 g/mol. The van der Waals surface area contributed by atoms with Crippen LogP contribution in [0.1, 0.15) is 31.7 Å². The highest BCUT2D eigenvalue weighted by Crippen LogP contribution is 2.32. The van der Waals surface area contributed by atoms with Crippen LogP contribution in [-0.2, 0) is 7.05 Å². The zero-order valence-electron chi connectivity index (χ0n) is 19.1. The number of aromatic nitrogens is 5. The largest absolute Gasteiger partial charge is 0.435 e. The van der Waals surface area contributed by atoms with Gasteiger partial charge >= 0.3 is 6.61 Å². The zero-order valence-corrected chi connectivity index (χ0v) is 19.1. The number of rotatable bonds is 5. The second-order valence-corrected chi connectivity index (χ2v) is 8.97. The summed E-state index contributed by atoms with van der Waals surface area (Å²) in [7, 11) is 1.86. The van der Waals surface area contributed by atoms with Crippen LogP contribution >= 0.6 is 0 Å². The topological polar surface area (TPSA) is 66.9 Å². The summed E-state index contributed by atoms with van der Waals surface area (Å²) >= 11 is 0. The van der Waals surface area contributed by atoms with Crippen LogP contribution in [0.4, 0.5) is 8.78 Å². The first-order chi connectivity index (χ1) is 17.0. The lowest BCUT2D eigenvalue weighted by atomic mass is 10.0. The van der Waals surface area contributed by atoms with Gasteiger partial charge in [-0.05, 0) is 60.9 Å². The maximum Gasteiger partial charge on any atom is 0.387 e. The van der Waals surface area contributed by atoms with E-state index in [-0.39, 0.29) is 11.3 Å². The van der Waals surface area contributed by atoms with Gasteiger partial charge in [-0.3, -0.25) is 18.7 Å². The van der Waals surface area contributed by atoms with Gasteiger partial charge in [0.25, 0.3) is 5.56 Å². The fourth-order valence-corrected chi connectivity index (χ4v) is 5.00. The lowest BCUT2D eigenvalue weighted by Gasteiger charge is -2.12. The Morgan fingerprint density at radius 2 is 1.74 bits per heavy atom. The van der Waals surface area contributed by atoms with Crippen molar-refractivity contribution in [1.29, 1.82) is 0 Å². The monoisotopic (exact) mass is 475 g/mol. The molecule has 1 fully saturated rings. The van der Waals surface area contributed by atoms with Crippen LogP contribution in [0.2, 0.25) is 0 Å². The van der Waals surface area contributed by atoms with Crippen LogP contribution < -0.4 is 10.3 Å². The molecule has 0 aliphatic heterocycles. The number of hydrogen-bond donors (Lipinski definition) is 0. The minimum Gasteiger partial charge on any atom is -0.435 e. The third kappa shape index (κ3) is 3.86. The molecule has 0 unspecified atom stereocenters. The highest BCUT2D eigenvalue weighted by Gasteiger charge is 2.21. The Bertz CT molecular complexity index is 1590. The quantitative estimate of drug-likeness (QED) is 0.339. The summed E-state index contributed by atoms with van der Waals surface area (Å²) in [6.45, 7) is -2.91. The van der Waals surface area contributed by atoms with Crippen molar-refractivity contribution in [3.8, 4) is 22.6 Å². The average molecular weight is 475 g/mol. The predicted octanol–water partition coefficient (Wildman–Crippen LogP) is 5.46. The van der Waals surface area contributed by atoms with Gasteiger partial charge in [-0.2, -0.15) is 19.0 Å². The van der Waals surface area contributed by atoms with E-state index in [1.807, 2.05) is 48.4 Å². The number of fused-ring (bicyclic) bond motifs is 2. The molecule has 0 atom stereocenters. The van der Waals surface area contributed by atoms with Crippen molar-refractivity contribution in [2.45, 2.75) is 38.3 Å². The smallest absolute Gasteiger partial charge is 0.387 e. The molecule has 35 heavy (non-hydrogen) atoms. The molecular formula is C26H23F2N5O2. The van der Waals surface area contributed by atoms with Gasteiger partial charge in [-0.1, -0.05) is 18.9 Å². The van der Waals surface area contributed by atoms with Gasteiger partial charge in [0.15, 0.2) is 5.65 Å². The van der Waals surface area contributed by atoms with Crippen LogP contribution in [0.15, 0.2) is 65.7 Å².